The minimum Gasteiger partial charge on any atom is -0.465 e. The number of fused-ring (bicyclic) bond motifs is 1. The van der Waals surface area contributed by atoms with Crippen molar-refractivity contribution in [3.8, 4) is 0 Å². The molecular formula is C17H18N4O2S. The number of ether oxygens (including phenoxy) is 1. The summed E-state index contributed by atoms with van der Waals surface area (Å²) >= 11 is 1.33. The molecular weight excluding hydrogens is 324 g/mol. The van der Waals surface area contributed by atoms with Gasteiger partial charge in [-0.3, -0.25) is 4.98 Å². The molecule has 0 fully saturated rings. The summed E-state index contributed by atoms with van der Waals surface area (Å²) in [6.45, 7) is 5.75. The predicted molar refractivity (Wildman–Crippen MR) is 94.5 cm³/mol. The van der Waals surface area contributed by atoms with Gasteiger partial charge in [-0.1, -0.05) is 6.07 Å². The number of anilines is 1. The average Bonchev–Trinajstić information content (AvgIpc) is 2.91. The molecule has 1 atom stereocenters. The number of carbonyl (C=O) groups is 1. The Kier molecular flexibility index (Phi) is 4.44. The van der Waals surface area contributed by atoms with Crippen molar-refractivity contribution in [3.63, 3.8) is 0 Å². The van der Waals surface area contributed by atoms with E-state index in [1.165, 1.54) is 18.4 Å². The van der Waals surface area contributed by atoms with E-state index in [2.05, 4.69) is 20.3 Å². The minimum atomic E-state index is -0.350. The Balaban J connectivity index is 2.07. The largest absolute Gasteiger partial charge is 0.465 e. The van der Waals surface area contributed by atoms with E-state index in [4.69, 9.17) is 4.74 Å². The highest BCUT2D eigenvalue weighted by molar-refractivity contribution is 7.20. The van der Waals surface area contributed by atoms with Gasteiger partial charge in [0.15, 0.2) is 0 Å². The van der Waals surface area contributed by atoms with E-state index >= 15 is 0 Å². The van der Waals surface area contributed by atoms with Gasteiger partial charge in [0, 0.05) is 6.20 Å². The zero-order chi connectivity index (χ0) is 17.3. The number of pyridine rings is 1. The van der Waals surface area contributed by atoms with Crippen molar-refractivity contribution >= 4 is 33.3 Å². The molecule has 0 aliphatic heterocycles. The smallest absolute Gasteiger partial charge is 0.348 e. The van der Waals surface area contributed by atoms with Gasteiger partial charge >= 0.3 is 5.97 Å². The number of hydrogen-bond acceptors (Lipinski definition) is 7. The fraction of sp³-hybridized carbons (Fsp3) is 0.294. The Morgan fingerprint density at radius 2 is 2.08 bits per heavy atom. The lowest BCUT2D eigenvalue weighted by molar-refractivity contribution is 0.0605. The monoisotopic (exact) mass is 342 g/mol. The van der Waals surface area contributed by atoms with Gasteiger partial charge in [-0.15, -0.1) is 11.3 Å². The van der Waals surface area contributed by atoms with Crippen molar-refractivity contribution in [3.05, 3.63) is 46.4 Å². The van der Waals surface area contributed by atoms with Crippen molar-refractivity contribution in [1.82, 2.24) is 15.0 Å². The van der Waals surface area contributed by atoms with Crippen LogP contribution < -0.4 is 5.32 Å². The molecule has 0 aromatic carbocycles. The van der Waals surface area contributed by atoms with Crippen LogP contribution in [-0.4, -0.2) is 28.0 Å². The van der Waals surface area contributed by atoms with Crippen LogP contribution in [0, 0.1) is 13.8 Å². The van der Waals surface area contributed by atoms with Crippen molar-refractivity contribution in [2.45, 2.75) is 26.8 Å². The molecule has 1 N–H and O–H groups in total. The molecule has 0 aliphatic carbocycles. The predicted octanol–water partition coefficient (Wildman–Crippen LogP) is 3.66. The average molecular weight is 342 g/mol. The van der Waals surface area contributed by atoms with Gasteiger partial charge in [-0.05, 0) is 38.5 Å². The molecule has 3 rings (SSSR count). The third-order valence-corrected chi connectivity index (χ3v) is 4.92. The van der Waals surface area contributed by atoms with E-state index < -0.39 is 0 Å². The molecule has 0 saturated heterocycles. The number of esters is 1. The molecule has 0 aliphatic rings. The van der Waals surface area contributed by atoms with Crippen LogP contribution in [0.1, 0.15) is 39.7 Å². The first-order valence-electron chi connectivity index (χ1n) is 7.54. The quantitative estimate of drug-likeness (QED) is 0.729. The van der Waals surface area contributed by atoms with Gasteiger partial charge in [0.25, 0.3) is 0 Å². The van der Waals surface area contributed by atoms with E-state index in [1.54, 1.807) is 6.20 Å². The molecule has 3 heterocycles. The first kappa shape index (κ1) is 16.3. The highest BCUT2D eigenvalue weighted by Crippen LogP contribution is 2.35. The third kappa shape index (κ3) is 2.94. The lowest BCUT2D eigenvalue weighted by Crippen LogP contribution is -2.10. The standard InChI is InChI=1S/C17H18N4O2S/c1-9-13-15(19-10(2)12-7-5-6-8-18-12)20-11(3)21-16(13)24-14(9)17(22)23-4/h5-8,10H,1-4H3,(H,19,20,21). The van der Waals surface area contributed by atoms with Gasteiger partial charge in [-0.25, -0.2) is 14.8 Å². The second-order valence-electron chi connectivity index (χ2n) is 5.47. The first-order valence-corrected chi connectivity index (χ1v) is 8.36. The summed E-state index contributed by atoms with van der Waals surface area (Å²) in [7, 11) is 1.38. The SMILES string of the molecule is COC(=O)c1sc2nc(C)nc(NC(C)c3ccccn3)c2c1C. The molecule has 1 unspecified atom stereocenters. The Hall–Kier alpha value is -2.54. The maximum atomic E-state index is 12.0. The number of carbonyl (C=O) groups excluding carboxylic acids is 1. The van der Waals surface area contributed by atoms with Crippen LogP contribution in [0.15, 0.2) is 24.4 Å². The molecule has 0 spiro atoms. The van der Waals surface area contributed by atoms with E-state index in [1.807, 2.05) is 39.0 Å². The molecule has 6 nitrogen and oxygen atoms in total. The van der Waals surface area contributed by atoms with E-state index in [9.17, 15) is 4.79 Å². The van der Waals surface area contributed by atoms with Crippen LogP contribution in [0.5, 0.6) is 0 Å². The molecule has 0 saturated carbocycles. The molecule has 124 valence electrons. The Bertz CT molecular complexity index is 892. The van der Waals surface area contributed by atoms with Crippen molar-refractivity contribution in [2.24, 2.45) is 0 Å². The molecule has 0 amide bonds. The molecule has 7 heteroatoms. The zero-order valence-electron chi connectivity index (χ0n) is 14.0. The number of aromatic nitrogens is 3. The van der Waals surface area contributed by atoms with Crippen molar-refractivity contribution < 1.29 is 9.53 Å². The third-order valence-electron chi connectivity index (χ3n) is 3.76. The van der Waals surface area contributed by atoms with Crippen molar-refractivity contribution in [1.29, 1.82) is 0 Å². The number of thiophene rings is 1. The van der Waals surface area contributed by atoms with Gasteiger partial charge in [0.2, 0.25) is 0 Å². The van der Waals surface area contributed by atoms with Gasteiger partial charge in [0.1, 0.15) is 21.3 Å². The highest BCUT2D eigenvalue weighted by Gasteiger charge is 2.21. The summed E-state index contributed by atoms with van der Waals surface area (Å²) in [6.07, 6.45) is 1.76. The number of nitrogens with one attached hydrogen (secondary N) is 1. The zero-order valence-corrected chi connectivity index (χ0v) is 14.8. The number of aryl methyl sites for hydroxylation is 2. The van der Waals surface area contributed by atoms with E-state index in [-0.39, 0.29) is 12.0 Å². The van der Waals surface area contributed by atoms with E-state index in [0.717, 1.165) is 21.5 Å². The van der Waals surface area contributed by atoms with Gasteiger partial charge in [0.05, 0.1) is 24.2 Å². The molecule has 0 bridgehead atoms. The van der Waals surface area contributed by atoms with Crippen LogP contribution in [0.2, 0.25) is 0 Å². The topological polar surface area (TPSA) is 77.0 Å². The van der Waals surface area contributed by atoms with Crippen LogP contribution in [-0.2, 0) is 4.74 Å². The van der Waals surface area contributed by atoms with Crippen LogP contribution >= 0.6 is 11.3 Å². The maximum Gasteiger partial charge on any atom is 0.348 e. The molecule has 3 aromatic heterocycles. The van der Waals surface area contributed by atoms with Crippen LogP contribution in [0.4, 0.5) is 5.82 Å². The summed E-state index contributed by atoms with van der Waals surface area (Å²) < 4.78 is 4.86. The fourth-order valence-electron chi connectivity index (χ4n) is 2.55. The maximum absolute atomic E-state index is 12.0. The van der Waals surface area contributed by atoms with Crippen molar-refractivity contribution in [2.75, 3.05) is 12.4 Å². The molecule has 3 aromatic rings. The van der Waals surface area contributed by atoms with Gasteiger partial charge in [-0.2, -0.15) is 0 Å². The second kappa shape index (κ2) is 6.52. The fourth-order valence-corrected chi connectivity index (χ4v) is 3.69. The van der Waals surface area contributed by atoms with Gasteiger partial charge < -0.3 is 10.1 Å². The normalized spacial score (nSPS) is 12.2. The number of rotatable bonds is 4. The highest BCUT2D eigenvalue weighted by atomic mass is 32.1. The number of nitrogens with zero attached hydrogens (tertiary/aromatic N) is 3. The number of hydrogen-bond donors (Lipinski definition) is 1. The van der Waals surface area contributed by atoms with Crippen LogP contribution in [0.3, 0.4) is 0 Å². The Morgan fingerprint density at radius 1 is 1.29 bits per heavy atom. The Labute approximate surface area is 143 Å². The summed E-state index contributed by atoms with van der Waals surface area (Å²) in [4.78, 5) is 26.6. The first-order chi connectivity index (χ1) is 11.5. The molecule has 24 heavy (non-hydrogen) atoms. The lowest BCUT2D eigenvalue weighted by atomic mass is 10.1. The minimum absolute atomic E-state index is 0.0235. The summed E-state index contributed by atoms with van der Waals surface area (Å²) in [5.74, 6) is 1.01. The summed E-state index contributed by atoms with van der Waals surface area (Å²) in [5.41, 5.74) is 1.75. The Morgan fingerprint density at radius 3 is 2.75 bits per heavy atom. The molecule has 0 radical (unpaired) electrons. The van der Waals surface area contributed by atoms with Crippen LogP contribution in [0.25, 0.3) is 10.2 Å². The van der Waals surface area contributed by atoms with E-state index in [0.29, 0.717) is 16.5 Å². The number of methoxy groups -OCH3 is 1. The summed E-state index contributed by atoms with van der Waals surface area (Å²) in [5, 5.41) is 4.25. The second-order valence-corrected chi connectivity index (χ2v) is 6.47. The lowest BCUT2D eigenvalue weighted by Gasteiger charge is -2.15. The summed E-state index contributed by atoms with van der Waals surface area (Å²) in [6, 6.07) is 5.77.